The van der Waals surface area contributed by atoms with Crippen LogP contribution in [0.4, 0.5) is 14.6 Å². The van der Waals surface area contributed by atoms with Gasteiger partial charge >= 0.3 is 0 Å². The second-order valence-corrected chi connectivity index (χ2v) is 3.50. The van der Waals surface area contributed by atoms with Gasteiger partial charge in [-0.15, -0.1) is 0 Å². The number of carbonyl (C=O) groups excluding carboxylic acids is 1. The predicted octanol–water partition coefficient (Wildman–Crippen LogP) is 2.74. The Labute approximate surface area is 91.4 Å². The van der Waals surface area contributed by atoms with Gasteiger partial charge in [-0.1, -0.05) is 0 Å². The third-order valence-corrected chi connectivity index (χ3v) is 2.46. The topological polar surface area (TPSA) is 56.0 Å². The van der Waals surface area contributed by atoms with Crippen molar-refractivity contribution in [3.63, 3.8) is 0 Å². The standard InChI is InChI=1S/C7H4BrClF2N2O/c8-4-2(6(9)14)1-3(12)13-5(4)7(10)11/h1,7H,(H2,12,13). The second-order valence-electron chi connectivity index (χ2n) is 2.37. The van der Waals surface area contributed by atoms with Gasteiger partial charge in [-0.3, -0.25) is 4.79 Å². The first-order valence-electron chi connectivity index (χ1n) is 3.37. The van der Waals surface area contributed by atoms with Crippen LogP contribution in [0.25, 0.3) is 0 Å². The molecule has 0 saturated carbocycles. The molecule has 1 aromatic rings. The minimum Gasteiger partial charge on any atom is -0.384 e. The number of nitrogens with two attached hydrogens (primary N) is 1. The van der Waals surface area contributed by atoms with Crippen molar-refractivity contribution in [1.82, 2.24) is 4.98 Å². The third kappa shape index (κ3) is 2.19. The van der Waals surface area contributed by atoms with Gasteiger partial charge in [0.25, 0.3) is 11.7 Å². The Hall–Kier alpha value is -0.750. The van der Waals surface area contributed by atoms with Crippen LogP contribution < -0.4 is 5.73 Å². The molecule has 0 unspecified atom stereocenters. The Kier molecular flexibility index (Phi) is 3.38. The van der Waals surface area contributed by atoms with Gasteiger partial charge in [-0.05, 0) is 33.6 Å². The number of carbonyl (C=O) groups is 1. The number of aromatic nitrogens is 1. The summed E-state index contributed by atoms with van der Waals surface area (Å²) in [5.41, 5.74) is 4.52. The molecule has 0 amide bonds. The number of hydrogen-bond donors (Lipinski definition) is 1. The maximum atomic E-state index is 12.3. The van der Waals surface area contributed by atoms with Crippen molar-refractivity contribution >= 4 is 38.6 Å². The maximum Gasteiger partial charge on any atom is 0.281 e. The van der Waals surface area contributed by atoms with E-state index in [0.717, 1.165) is 6.07 Å². The molecule has 7 heteroatoms. The fourth-order valence-corrected chi connectivity index (χ4v) is 1.68. The molecule has 1 heterocycles. The number of hydrogen-bond acceptors (Lipinski definition) is 3. The van der Waals surface area contributed by atoms with Crippen molar-refractivity contribution in [2.75, 3.05) is 5.73 Å². The van der Waals surface area contributed by atoms with E-state index in [9.17, 15) is 13.6 Å². The van der Waals surface area contributed by atoms with E-state index in [1.807, 2.05) is 0 Å². The number of nitrogen functional groups attached to an aromatic ring is 1. The number of anilines is 1. The number of nitrogens with zero attached hydrogens (tertiary/aromatic N) is 1. The van der Waals surface area contributed by atoms with Gasteiger partial charge in [0, 0.05) is 0 Å². The van der Waals surface area contributed by atoms with Gasteiger partial charge in [0.2, 0.25) is 0 Å². The van der Waals surface area contributed by atoms with E-state index in [-0.39, 0.29) is 15.9 Å². The molecule has 0 aliphatic rings. The van der Waals surface area contributed by atoms with Crippen LogP contribution in [0, 0.1) is 0 Å². The molecular formula is C7H4BrClF2N2O. The number of halogens is 4. The molecule has 3 nitrogen and oxygen atoms in total. The Morgan fingerprint density at radius 1 is 1.64 bits per heavy atom. The number of pyridine rings is 1. The largest absolute Gasteiger partial charge is 0.384 e. The molecular weight excluding hydrogens is 281 g/mol. The average molecular weight is 285 g/mol. The molecule has 0 bridgehead atoms. The Bertz CT molecular complexity index is 386. The molecule has 0 aliphatic carbocycles. The van der Waals surface area contributed by atoms with Gasteiger partial charge in [0.05, 0.1) is 10.0 Å². The Morgan fingerprint density at radius 3 is 2.64 bits per heavy atom. The van der Waals surface area contributed by atoms with Gasteiger partial charge in [-0.2, -0.15) is 0 Å². The van der Waals surface area contributed by atoms with E-state index in [2.05, 4.69) is 20.9 Å². The minimum atomic E-state index is -2.82. The van der Waals surface area contributed by atoms with Gasteiger partial charge < -0.3 is 5.73 Å². The molecule has 1 rings (SSSR count). The van der Waals surface area contributed by atoms with Crippen molar-refractivity contribution in [3.8, 4) is 0 Å². The highest BCUT2D eigenvalue weighted by atomic mass is 79.9. The summed E-state index contributed by atoms with van der Waals surface area (Å²) in [6.07, 6.45) is -2.82. The van der Waals surface area contributed by atoms with Crippen molar-refractivity contribution < 1.29 is 13.6 Å². The third-order valence-electron chi connectivity index (χ3n) is 1.42. The minimum absolute atomic E-state index is 0.116. The molecule has 0 aromatic carbocycles. The summed E-state index contributed by atoms with van der Waals surface area (Å²) in [5.74, 6) is -0.174. The Balaban J connectivity index is 3.40. The van der Waals surface area contributed by atoms with Crippen molar-refractivity contribution in [2.45, 2.75) is 6.43 Å². The van der Waals surface area contributed by atoms with Crippen LogP contribution in [0.5, 0.6) is 0 Å². The molecule has 0 spiro atoms. The molecule has 76 valence electrons. The molecule has 0 fully saturated rings. The second kappa shape index (κ2) is 4.18. The van der Waals surface area contributed by atoms with Crippen molar-refractivity contribution in [3.05, 3.63) is 21.8 Å². The quantitative estimate of drug-likeness (QED) is 0.850. The van der Waals surface area contributed by atoms with Crippen LogP contribution in [0.2, 0.25) is 0 Å². The van der Waals surface area contributed by atoms with Gasteiger partial charge in [0.1, 0.15) is 11.5 Å². The normalized spacial score (nSPS) is 10.6. The van der Waals surface area contributed by atoms with Gasteiger partial charge in [0.15, 0.2) is 0 Å². The van der Waals surface area contributed by atoms with Crippen LogP contribution in [-0.2, 0) is 0 Å². The SMILES string of the molecule is Nc1cc(C(=O)Cl)c(Br)c(C(F)F)n1. The molecule has 2 N–H and O–H groups in total. The highest BCUT2D eigenvalue weighted by molar-refractivity contribution is 9.10. The lowest BCUT2D eigenvalue weighted by Crippen LogP contribution is -2.03. The van der Waals surface area contributed by atoms with Gasteiger partial charge in [-0.25, -0.2) is 13.8 Å². The number of alkyl halides is 2. The van der Waals surface area contributed by atoms with Crippen LogP contribution in [0.1, 0.15) is 22.5 Å². The number of rotatable bonds is 2. The highest BCUT2D eigenvalue weighted by Gasteiger charge is 2.20. The van der Waals surface area contributed by atoms with Crippen molar-refractivity contribution in [1.29, 1.82) is 0 Å². The summed E-state index contributed by atoms with van der Waals surface area (Å²) in [5, 5.41) is -0.868. The lowest BCUT2D eigenvalue weighted by atomic mass is 10.2. The van der Waals surface area contributed by atoms with E-state index in [1.54, 1.807) is 0 Å². The molecule has 1 aromatic heterocycles. The van der Waals surface area contributed by atoms with Crippen LogP contribution in [-0.4, -0.2) is 10.2 Å². The van der Waals surface area contributed by atoms with E-state index < -0.39 is 17.4 Å². The molecule has 0 saturated heterocycles. The van der Waals surface area contributed by atoms with E-state index in [0.29, 0.717) is 0 Å². The molecule has 0 atom stereocenters. The fraction of sp³-hybridized carbons (Fsp3) is 0.143. The molecule has 14 heavy (non-hydrogen) atoms. The summed E-state index contributed by atoms with van der Waals surface area (Å²) in [6.45, 7) is 0. The first-order chi connectivity index (χ1) is 6.43. The zero-order chi connectivity index (χ0) is 10.9. The van der Waals surface area contributed by atoms with Crippen LogP contribution in [0.15, 0.2) is 10.5 Å². The summed E-state index contributed by atoms with van der Waals surface area (Å²) >= 11 is 7.97. The monoisotopic (exact) mass is 284 g/mol. The zero-order valence-electron chi connectivity index (χ0n) is 6.60. The molecule has 0 radical (unpaired) electrons. The lowest BCUT2D eigenvalue weighted by molar-refractivity contribution is 0.107. The van der Waals surface area contributed by atoms with E-state index in [1.165, 1.54) is 0 Å². The Morgan fingerprint density at radius 2 is 2.21 bits per heavy atom. The maximum absolute atomic E-state index is 12.3. The predicted molar refractivity (Wildman–Crippen MR) is 51.5 cm³/mol. The van der Waals surface area contributed by atoms with Crippen molar-refractivity contribution in [2.24, 2.45) is 0 Å². The average Bonchev–Trinajstić information content (AvgIpc) is 2.07. The zero-order valence-corrected chi connectivity index (χ0v) is 8.94. The fourth-order valence-electron chi connectivity index (χ4n) is 0.857. The highest BCUT2D eigenvalue weighted by Crippen LogP contribution is 2.30. The van der Waals surface area contributed by atoms with E-state index in [4.69, 9.17) is 17.3 Å². The smallest absolute Gasteiger partial charge is 0.281 e. The summed E-state index contributed by atoms with van der Waals surface area (Å²) in [4.78, 5) is 14.2. The first kappa shape index (κ1) is 11.3. The van der Waals surface area contributed by atoms with Crippen LogP contribution in [0.3, 0.4) is 0 Å². The molecule has 0 aliphatic heterocycles. The van der Waals surface area contributed by atoms with E-state index >= 15 is 0 Å². The first-order valence-corrected chi connectivity index (χ1v) is 4.54. The summed E-state index contributed by atoms with van der Waals surface area (Å²) in [6, 6.07) is 1.13. The summed E-state index contributed by atoms with van der Waals surface area (Å²) < 4.78 is 24.6. The summed E-state index contributed by atoms with van der Waals surface area (Å²) in [7, 11) is 0. The lowest BCUT2D eigenvalue weighted by Gasteiger charge is -2.06. The van der Waals surface area contributed by atoms with Crippen LogP contribution >= 0.6 is 27.5 Å².